The van der Waals surface area contributed by atoms with E-state index in [1.165, 1.54) is 11.8 Å². The van der Waals surface area contributed by atoms with E-state index in [4.69, 9.17) is 0 Å². The Kier molecular flexibility index (Phi) is 8.33. The van der Waals surface area contributed by atoms with Crippen LogP contribution in [0, 0.1) is 0 Å². The highest BCUT2D eigenvalue weighted by Crippen LogP contribution is 2.22. The highest BCUT2D eigenvalue weighted by atomic mass is 79.9. The summed E-state index contributed by atoms with van der Waals surface area (Å²) >= 11 is 4.63. The molecule has 2 N–H and O–H groups in total. The zero-order valence-electron chi connectivity index (χ0n) is 16.5. The maximum Gasteiger partial charge on any atom is 0.234 e. The Hall–Kier alpha value is -2.32. The van der Waals surface area contributed by atoms with Crippen LogP contribution in [0.1, 0.15) is 24.8 Å². The van der Waals surface area contributed by atoms with Gasteiger partial charge in [-0.2, -0.15) is 0 Å². The number of piperidine rings is 1. The zero-order chi connectivity index (χ0) is 21.3. The summed E-state index contributed by atoms with van der Waals surface area (Å²) in [6.07, 6.45) is 2.55. The normalized spacial score (nSPS) is 13.8. The molecule has 3 rings (SSSR count). The van der Waals surface area contributed by atoms with Crippen LogP contribution in [0.25, 0.3) is 0 Å². The van der Waals surface area contributed by atoms with Gasteiger partial charge in [-0.05, 0) is 48.7 Å². The molecule has 6 nitrogen and oxygen atoms in total. The van der Waals surface area contributed by atoms with Crippen molar-refractivity contribution in [1.82, 2.24) is 5.32 Å². The molecule has 0 bridgehead atoms. The molecular weight excluding hydrogens is 466 g/mol. The van der Waals surface area contributed by atoms with E-state index in [0.29, 0.717) is 18.7 Å². The SMILES string of the molecule is O=C(CSCC(=O)Nc1cccc(Br)c1)NCc1cccc(N2CCCCC2=O)c1. The molecule has 8 heteroatoms. The van der Waals surface area contributed by atoms with Crippen LogP contribution in [0.5, 0.6) is 0 Å². The van der Waals surface area contributed by atoms with Crippen molar-refractivity contribution in [3.05, 3.63) is 58.6 Å². The maximum atomic E-state index is 12.1. The average Bonchev–Trinajstić information content (AvgIpc) is 2.73. The van der Waals surface area contributed by atoms with Gasteiger partial charge in [-0.25, -0.2) is 0 Å². The average molecular weight is 490 g/mol. The lowest BCUT2D eigenvalue weighted by atomic mass is 10.1. The van der Waals surface area contributed by atoms with E-state index in [1.54, 1.807) is 0 Å². The van der Waals surface area contributed by atoms with Crippen LogP contribution < -0.4 is 15.5 Å². The molecule has 0 spiro atoms. The highest BCUT2D eigenvalue weighted by Gasteiger charge is 2.19. The van der Waals surface area contributed by atoms with Crippen molar-refractivity contribution in [2.45, 2.75) is 25.8 Å². The second-order valence-corrected chi connectivity index (χ2v) is 8.90. The summed E-state index contributed by atoms with van der Waals surface area (Å²) in [6, 6.07) is 15.1. The first-order valence-electron chi connectivity index (χ1n) is 9.80. The molecule has 1 saturated heterocycles. The number of amides is 3. The van der Waals surface area contributed by atoms with Crippen molar-refractivity contribution in [3.63, 3.8) is 0 Å². The molecule has 30 heavy (non-hydrogen) atoms. The van der Waals surface area contributed by atoms with Crippen LogP contribution in [-0.2, 0) is 20.9 Å². The molecule has 1 aliphatic rings. The number of hydrogen-bond donors (Lipinski definition) is 2. The number of carbonyl (C=O) groups is 3. The molecular formula is C22H24BrN3O3S. The molecule has 0 radical (unpaired) electrons. The van der Waals surface area contributed by atoms with Gasteiger partial charge >= 0.3 is 0 Å². The Morgan fingerprint density at radius 2 is 1.83 bits per heavy atom. The smallest absolute Gasteiger partial charge is 0.234 e. The molecule has 1 aliphatic heterocycles. The van der Waals surface area contributed by atoms with E-state index < -0.39 is 0 Å². The van der Waals surface area contributed by atoms with Gasteiger partial charge in [0.05, 0.1) is 11.5 Å². The first kappa shape index (κ1) is 22.4. The summed E-state index contributed by atoms with van der Waals surface area (Å²) in [6.45, 7) is 1.13. The van der Waals surface area contributed by atoms with Gasteiger partial charge < -0.3 is 15.5 Å². The summed E-state index contributed by atoms with van der Waals surface area (Å²) in [5, 5.41) is 5.67. The predicted octanol–water partition coefficient (Wildman–Crippen LogP) is 3.95. The number of benzene rings is 2. The van der Waals surface area contributed by atoms with Crippen molar-refractivity contribution in [1.29, 1.82) is 0 Å². The number of anilines is 2. The molecule has 0 aromatic heterocycles. The van der Waals surface area contributed by atoms with Crippen LogP contribution in [0.15, 0.2) is 53.0 Å². The van der Waals surface area contributed by atoms with Gasteiger partial charge in [0.1, 0.15) is 0 Å². The molecule has 0 saturated carbocycles. The number of nitrogens with zero attached hydrogens (tertiary/aromatic N) is 1. The van der Waals surface area contributed by atoms with Crippen molar-refractivity contribution in [2.24, 2.45) is 0 Å². The number of thioether (sulfide) groups is 1. The van der Waals surface area contributed by atoms with Gasteiger partial charge in [-0.15, -0.1) is 11.8 Å². The minimum Gasteiger partial charge on any atom is -0.351 e. The van der Waals surface area contributed by atoms with E-state index in [9.17, 15) is 14.4 Å². The third-order valence-electron chi connectivity index (χ3n) is 4.61. The van der Waals surface area contributed by atoms with Gasteiger partial charge in [0.25, 0.3) is 0 Å². The summed E-state index contributed by atoms with van der Waals surface area (Å²) in [4.78, 5) is 38.0. The number of rotatable bonds is 8. The Bertz CT molecular complexity index is 922. The van der Waals surface area contributed by atoms with Crippen molar-refractivity contribution < 1.29 is 14.4 Å². The minimum absolute atomic E-state index is 0.130. The number of carbonyl (C=O) groups excluding carboxylic acids is 3. The molecule has 2 aromatic carbocycles. The van der Waals surface area contributed by atoms with E-state index in [1.807, 2.05) is 53.4 Å². The molecule has 0 aliphatic carbocycles. The topological polar surface area (TPSA) is 78.5 Å². The minimum atomic E-state index is -0.148. The van der Waals surface area contributed by atoms with Gasteiger partial charge in [-0.3, -0.25) is 14.4 Å². The molecule has 3 amide bonds. The Balaban J connectivity index is 1.40. The van der Waals surface area contributed by atoms with Crippen molar-refractivity contribution >= 4 is 56.8 Å². The predicted molar refractivity (Wildman–Crippen MR) is 125 cm³/mol. The monoisotopic (exact) mass is 489 g/mol. The highest BCUT2D eigenvalue weighted by molar-refractivity contribution is 9.10. The molecule has 0 unspecified atom stereocenters. The molecule has 158 valence electrons. The number of hydrogen-bond acceptors (Lipinski definition) is 4. The summed E-state index contributed by atoms with van der Waals surface area (Å²) in [5.74, 6) is 0.280. The molecule has 1 fully saturated rings. The van der Waals surface area contributed by atoms with Gasteiger partial charge in [-0.1, -0.05) is 34.1 Å². The largest absolute Gasteiger partial charge is 0.351 e. The third-order valence-corrected chi connectivity index (χ3v) is 6.04. The van der Waals surface area contributed by atoms with Crippen LogP contribution in [0.4, 0.5) is 11.4 Å². The number of halogens is 1. The quantitative estimate of drug-likeness (QED) is 0.588. The van der Waals surface area contributed by atoms with Crippen molar-refractivity contribution in [2.75, 3.05) is 28.3 Å². The first-order chi connectivity index (χ1) is 14.5. The maximum absolute atomic E-state index is 12.1. The molecule has 1 heterocycles. The lowest BCUT2D eigenvalue weighted by Crippen LogP contribution is -2.35. The fourth-order valence-electron chi connectivity index (χ4n) is 3.16. The summed E-state index contributed by atoms with van der Waals surface area (Å²) < 4.78 is 0.890. The fourth-order valence-corrected chi connectivity index (χ4v) is 4.21. The Morgan fingerprint density at radius 3 is 2.63 bits per heavy atom. The van der Waals surface area contributed by atoms with Crippen LogP contribution in [0.2, 0.25) is 0 Å². The Morgan fingerprint density at radius 1 is 1.03 bits per heavy atom. The van der Waals surface area contributed by atoms with Crippen LogP contribution >= 0.6 is 27.7 Å². The van der Waals surface area contributed by atoms with Crippen molar-refractivity contribution in [3.8, 4) is 0 Å². The second-order valence-electron chi connectivity index (χ2n) is 7.00. The van der Waals surface area contributed by atoms with E-state index in [2.05, 4.69) is 26.6 Å². The third kappa shape index (κ3) is 6.88. The lowest BCUT2D eigenvalue weighted by Gasteiger charge is -2.27. The molecule has 2 aromatic rings. The number of nitrogens with one attached hydrogen (secondary N) is 2. The van der Waals surface area contributed by atoms with E-state index >= 15 is 0 Å². The van der Waals surface area contributed by atoms with Gasteiger partial charge in [0.15, 0.2) is 0 Å². The van der Waals surface area contributed by atoms with Gasteiger partial charge in [0, 0.05) is 35.4 Å². The zero-order valence-corrected chi connectivity index (χ0v) is 18.9. The van der Waals surface area contributed by atoms with E-state index in [0.717, 1.165) is 35.1 Å². The lowest BCUT2D eigenvalue weighted by molar-refractivity contribution is -0.120. The standard InChI is InChI=1S/C22H24BrN3O3S/c23-17-6-4-7-18(12-17)25-21(28)15-30-14-20(27)24-13-16-5-3-8-19(11-16)26-10-2-1-9-22(26)29/h3-8,11-12H,1-2,9-10,13-15H2,(H,24,27)(H,25,28). The van der Waals surface area contributed by atoms with E-state index in [-0.39, 0.29) is 29.2 Å². The Labute approximate surface area is 188 Å². The fraction of sp³-hybridized carbons (Fsp3) is 0.318. The second kappa shape index (κ2) is 11.2. The summed E-state index contributed by atoms with van der Waals surface area (Å²) in [7, 11) is 0. The first-order valence-corrected chi connectivity index (χ1v) is 11.8. The molecule has 0 atom stereocenters. The van der Waals surface area contributed by atoms with Gasteiger partial charge in [0.2, 0.25) is 17.7 Å². The summed E-state index contributed by atoms with van der Waals surface area (Å²) in [5.41, 5.74) is 2.54. The van der Waals surface area contributed by atoms with Crippen LogP contribution in [0.3, 0.4) is 0 Å². The van der Waals surface area contributed by atoms with Crippen LogP contribution in [-0.4, -0.2) is 35.8 Å².